The lowest BCUT2D eigenvalue weighted by Crippen LogP contribution is -2.19. The van der Waals surface area contributed by atoms with Crippen LogP contribution in [0.4, 0.5) is 18.9 Å². The van der Waals surface area contributed by atoms with Gasteiger partial charge in [0.15, 0.2) is 6.61 Å². The van der Waals surface area contributed by atoms with Gasteiger partial charge in [-0.05, 0) is 35.4 Å². The molecule has 21 heavy (non-hydrogen) atoms. The third-order valence-corrected chi connectivity index (χ3v) is 2.74. The highest BCUT2D eigenvalue weighted by Gasteiger charge is 2.28. The number of halogens is 3. The smallest absolute Gasteiger partial charge is 0.422 e. The number of alkyl halides is 3. The summed E-state index contributed by atoms with van der Waals surface area (Å²) >= 11 is 0. The number of nitrogen functional groups attached to an aromatic ring is 1. The number of ether oxygens (including phenoxy) is 2. The Morgan fingerprint density at radius 1 is 1.00 bits per heavy atom. The third-order valence-electron chi connectivity index (χ3n) is 2.74. The van der Waals surface area contributed by atoms with Gasteiger partial charge in [0.2, 0.25) is 0 Å². The molecule has 2 rings (SSSR count). The van der Waals surface area contributed by atoms with E-state index in [0.29, 0.717) is 17.0 Å². The normalized spacial score (nSPS) is 11.2. The van der Waals surface area contributed by atoms with E-state index in [1.165, 1.54) is 19.2 Å². The standard InChI is InChI=1S/C15H14F3NO2/c1-20-13-6-11(10-3-2-4-12(19)5-10)7-14(8-13)21-9-15(16,17)18/h2-8H,9,19H2,1H3. The molecule has 0 aliphatic rings. The molecule has 0 bridgehead atoms. The molecule has 0 aliphatic heterocycles. The van der Waals surface area contributed by atoms with Crippen molar-refractivity contribution in [1.29, 1.82) is 0 Å². The van der Waals surface area contributed by atoms with E-state index in [9.17, 15) is 13.2 Å². The Labute approximate surface area is 120 Å². The molecule has 0 unspecified atom stereocenters. The Kier molecular flexibility index (Phi) is 4.26. The van der Waals surface area contributed by atoms with Gasteiger partial charge in [-0.3, -0.25) is 0 Å². The summed E-state index contributed by atoms with van der Waals surface area (Å²) in [5.74, 6) is 0.496. The molecule has 112 valence electrons. The van der Waals surface area contributed by atoms with Gasteiger partial charge in [-0.25, -0.2) is 0 Å². The van der Waals surface area contributed by atoms with Crippen LogP contribution in [0.5, 0.6) is 11.5 Å². The molecule has 0 radical (unpaired) electrons. The van der Waals surface area contributed by atoms with Crippen LogP contribution in [0.3, 0.4) is 0 Å². The fourth-order valence-corrected chi connectivity index (χ4v) is 1.82. The first-order valence-corrected chi connectivity index (χ1v) is 6.12. The van der Waals surface area contributed by atoms with E-state index in [-0.39, 0.29) is 5.75 Å². The number of rotatable bonds is 4. The molecule has 2 N–H and O–H groups in total. The number of hydrogen-bond donors (Lipinski definition) is 1. The molecule has 0 fully saturated rings. The highest BCUT2D eigenvalue weighted by molar-refractivity contribution is 5.70. The van der Waals surface area contributed by atoms with Crippen molar-refractivity contribution in [2.75, 3.05) is 19.5 Å². The molecule has 0 spiro atoms. The maximum atomic E-state index is 12.2. The highest BCUT2D eigenvalue weighted by atomic mass is 19.4. The van der Waals surface area contributed by atoms with Crippen LogP contribution in [-0.4, -0.2) is 19.9 Å². The minimum atomic E-state index is -4.39. The number of benzene rings is 2. The predicted octanol–water partition coefficient (Wildman–Crippen LogP) is 3.89. The lowest BCUT2D eigenvalue weighted by Gasteiger charge is -2.12. The van der Waals surface area contributed by atoms with Crippen molar-refractivity contribution in [3.63, 3.8) is 0 Å². The summed E-state index contributed by atoms with van der Waals surface area (Å²) in [4.78, 5) is 0. The van der Waals surface area contributed by atoms with Gasteiger partial charge in [0, 0.05) is 11.8 Å². The van der Waals surface area contributed by atoms with Gasteiger partial charge in [-0.2, -0.15) is 13.2 Å². The highest BCUT2D eigenvalue weighted by Crippen LogP contribution is 2.31. The maximum Gasteiger partial charge on any atom is 0.422 e. The number of methoxy groups -OCH3 is 1. The van der Waals surface area contributed by atoms with Crippen molar-refractivity contribution in [2.45, 2.75) is 6.18 Å². The molecule has 0 heterocycles. The van der Waals surface area contributed by atoms with Crippen LogP contribution in [-0.2, 0) is 0 Å². The van der Waals surface area contributed by atoms with Crippen molar-refractivity contribution >= 4 is 5.69 Å². The van der Waals surface area contributed by atoms with E-state index in [2.05, 4.69) is 0 Å². The van der Waals surface area contributed by atoms with Gasteiger partial charge >= 0.3 is 6.18 Å². The largest absolute Gasteiger partial charge is 0.497 e. The maximum absolute atomic E-state index is 12.2. The van der Waals surface area contributed by atoms with E-state index in [1.807, 2.05) is 0 Å². The average Bonchev–Trinajstić information content (AvgIpc) is 2.44. The Morgan fingerprint density at radius 3 is 2.33 bits per heavy atom. The van der Waals surface area contributed by atoms with E-state index in [4.69, 9.17) is 15.2 Å². The fourth-order valence-electron chi connectivity index (χ4n) is 1.82. The Bertz CT molecular complexity index is 627. The summed E-state index contributed by atoms with van der Waals surface area (Å²) in [6, 6.07) is 11.6. The van der Waals surface area contributed by atoms with Crippen LogP contribution >= 0.6 is 0 Å². The van der Waals surface area contributed by atoms with Crippen LogP contribution in [0.25, 0.3) is 11.1 Å². The zero-order valence-corrected chi connectivity index (χ0v) is 11.3. The van der Waals surface area contributed by atoms with Crippen LogP contribution in [0, 0.1) is 0 Å². The third kappa shape index (κ3) is 4.30. The molecule has 0 saturated carbocycles. The SMILES string of the molecule is COc1cc(OCC(F)(F)F)cc(-c2cccc(N)c2)c1. The average molecular weight is 297 g/mol. The zero-order chi connectivity index (χ0) is 15.5. The van der Waals surface area contributed by atoms with Gasteiger partial charge in [0.05, 0.1) is 7.11 Å². The molecule has 0 amide bonds. The summed E-state index contributed by atoms with van der Waals surface area (Å²) in [5, 5.41) is 0. The minimum absolute atomic E-state index is 0.0871. The van der Waals surface area contributed by atoms with Crippen molar-refractivity contribution in [3.8, 4) is 22.6 Å². The summed E-state index contributed by atoms with van der Waals surface area (Å²) in [7, 11) is 1.44. The van der Waals surface area contributed by atoms with Gasteiger partial charge in [0.1, 0.15) is 11.5 Å². The summed E-state index contributed by atoms with van der Waals surface area (Å²) < 4.78 is 46.5. The Hall–Kier alpha value is -2.37. The molecule has 2 aromatic rings. The Balaban J connectivity index is 2.33. The topological polar surface area (TPSA) is 44.5 Å². The van der Waals surface area contributed by atoms with E-state index in [1.54, 1.807) is 30.3 Å². The van der Waals surface area contributed by atoms with Crippen LogP contribution in [0.1, 0.15) is 0 Å². The molecule has 0 aliphatic carbocycles. The predicted molar refractivity (Wildman–Crippen MR) is 74.4 cm³/mol. The van der Waals surface area contributed by atoms with Crippen molar-refractivity contribution in [1.82, 2.24) is 0 Å². The number of hydrogen-bond acceptors (Lipinski definition) is 3. The monoisotopic (exact) mass is 297 g/mol. The second-order valence-electron chi connectivity index (χ2n) is 4.43. The molecule has 0 atom stereocenters. The molecular formula is C15H14F3NO2. The second-order valence-corrected chi connectivity index (χ2v) is 4.43. The molecule has 0 saturated heterocycles. The first-order chi connectivity index (χ1) is 9.87. The molecule has 3 nitrogen and oxygen atoms in total. The number of anilines is 1. The van der Waals surface area contributed by atoms with Crippen LogP contribution in [0.15, 0.2) is 42.5 Å². The van der Waals surface area contributed by atoms with E-state index >= 15 is 0 Å². The summed E-state index contributed by atoms with van der Waals surface area (Å²) in [6.45, 7) is -1.35. The van der Waals surface area contributed by atoms with Crippen LogP contribution < -0.4 is 15.2 Å². The minimum Gasteiger partial charge on any atom is -0.497 e. The first kappa shape index (κ1) is 15.0. The second kappa shape index (κ2) is 5.95. The number of nitrogens with two attached hydrogens (primary N) is 1. The van der Waals surface area contributed by atoms with Gasteiger partial charge in [-0.1, -0.05) is 12.1 Å². The van der Waals surface area contributed by atoms with Gasteiger partial charge in [-0.15, -0.1) is 0 Å². The summed E-state index contributed by atoms with van der Waals surface area (Å²) in [6.07, 6.45) is -4.39. The van der Waals surface area contributed by atoms with Crippen LogP contribution in [0.2, 0.25) is 0 Å². The molecular weight excluding hydrogens is 283 g/mol. The van der Waals surface area contributed by atoms with Gasteiger partial charge in [0.25, 0.3) is 0 Å². The molecule has 2 aromatic carbocycles. The van der Waals surface area contributed by atoms with Crippen molar-refractivity contribution in [3.05, 3.63) is 42.5 Å². The lowest BCUT2D eigenvalue weighted by atomic mass is 10.0. The quantitative estimate of drug-likeness (QED) is 0.871. The summed E-state index contributed by atoms with van der Waals surface area (Å²) in [5.41, 5.74) is 7.71. The Morgan fingerprint density at radius 2 is 1.71 bits per heavy atom. The van der Waals surface area contributed by atoms with E-state index in [0.717, 1.165) is 5.56 Å². The first-order valence-electron chi connectivity index (χ1n) is 6.12. The van der Waals surface area contributed by atoms with Gasteiger partial charge < -0.3 is 15.2 Å². The molecule has 6 heteroatoms. The van der Waals surface area contributed by atoms with E-state index < -0.39 is 12.8 Å². The fraction of sp³-hybridized carbons (Fsp3) is 0.200. The zero-order valence-electron chi connectivity index (χ0n) is 11.3. The van der Waals surface area contributed by atoms with Crippen molar-refractivity contribution in [2.24, 2.45) is 0 Å². The van der Waals surface area contributed by atoms with Crippen molar-refractivity contribution < 1.29 is 22.6 Å². The lowest BCUT2D eigenvalue weighted by molar-refractivity contribution is -0.153. The molecule has 0 aromatic heterocycles.